The molecule has 3 heteroatoms. The lowest BCUT2D eigenvalue weighted by Gasteiger charge is -2.31. The lowest BCUT2D eigenvalue weighted by atomic mass is 10.2. The van der Waals surface area contributed by atoms with Crippen molar-refractivity contribution < 1.29 is 4.79 Å². The summed E-state index contributed by atoms with van der Waals surface area (Å²) in [5.74, 6) is 0. The lowest BCUT2D eigenvalue weighted by Crippen LogP contribution is -2.46. The second-order valence-corrected chi connectivity index (χ2v) is 2.74. The third-order valence-corrected chi connectivity index (χ3v) is 1.57. The molecule has 2 amide bonds. The highest BCUT2D eigenvalue weighted by Gasteiger charge is 2.20. The van der Waals surface area contributed by atoms with E-state index in [1.807, 2.05) is 0 Å². The first-order chi connectivity index (χ1) is 4.61. The van der Waals surface area contributed by atoms with E-state index in [1.165, 1.54) is 0 Å². The summed E-state index contributed by atoms with van der Waals surface area (Å²) in [5.41, 5.74) is 1.09. The zero-order valence-electron chi connectivity index (χ0n) is 6.42. The number of rotatable bonds is 0. The molecule has 0 aromatic heterocycles. The standard InChI is InChI=1S/C7H12N2O/c1-6-4-8(2)7(10)9(3)5-6/h1,4-5H2,2-3H3. The molecule has 0 radical (unpaired) electrons. The molecule has 1 heterocycles. The molecule has 0 spiro atoms. The Kier molecular flexibility index (Phi) is 1.66. The van der Waals surface area contributed by atoms with Gasteiger partial charge in [0.05, 0.1) is 0 Å². The van der Waals surface area contributed by atoms with Gasteiger partial charge in [0.15, 0.2) is 0 Å². The summed E-state index contributed by atoms with van der Waals surface area (Å²) in [7, 11) is 3.56. The van der Waals surface area contributed by atoms with Crippen LogP contribution in [0.4, 0.5) is 4.79 Å². The molecule has 3 nitrogen and oxygen atoms in total. The number of nitrogens with zero attached hydrogens (tertiary/aromatic N) is 2. The van der Waals surface area contributed by atoms with E-state index in [9.17, 15) is 4.79 Å². The van der Waals surface area contributed by atoms with Gasteiger partial charge in [0.25, 0.3) is 0 Å². The second-order valence-electron chi connectivity index (χ2n) is 2.74. The molecule has 1 fully saturated rings. The van der Waals surface area contributed by atoms with Crippen molar-refractivity contribution in [1.29, 1.82) is 0 Å². The molecule has 0 N–H and O–H groups in total. The minimum Gasteiger partial charge on any atom is -0.324 e. The summed E-state index contributed by atoms with van der Waals surface area (Å²) in [6.07, 6.45) is 0. The predicted octanol–water partition coefficient (Wildman–Crippen LogP) is 0.540. The van der Waals surface area contributed by atoms with Crippen LogP contribution in [0.3, 0.4) is 0 Å². The second kappa shape index (κ2) is 2.33. The largest absolute Gasteiger partial charge is 0.324 e. The zero-order valence-corrected chi connectivity index (χ0v) is 6.42. The molecular formula is C7H12N2O. The molecule has 0 aliphatic carbocycles. The van der Waals surface area contributed by atoms with Gasteiger partial charge in [0, 0.05) is 27.2 Å². The highest BCUT2D eigenvalue weighted by Crippen LogP contribution is 2.07. The zero-order chi connectivity index (χ0) is 7.72. The van der Waals surface area contributed by atoms with Crippen molar-refractivity contribution in [3.05, 3.63) is 12.2 Å². The number of carbonyl (C=O) groups is 1. The molecule has 0 unspecified atom stereocenters. The highest BCUT2D eigenvalue weighted by atomic mass is 16.2. The van der Waals surface area contributed by atoms with Crippen LogP contribution in [0.2, 0.25) is 0 Å². The van der Waals surface area contributed by atoms with Crippen molar-refractivity contribution in [3.8, 4) is 0 Å². The highest BCUT2D eigenvalue weighted by molar-refractivity contribution is 5.75. The maximum Gasteiger partial charge on any atom is 0.320 e. The molecule has 0 saturated carbocycles. The Morgan fingerprint density at radius 2 is 1.70 bits per heavy atom. The molecular weight excluding hydrogens is 128 g/mol. The van der Waals surface area contributed by atoms with Crippen LogP contribution in [0.25, 0.3) is 0 Å². The number of hydrogen-bond donors (Lipinski definition) is 0. The summed E-state index contributed by atoms with van der Waals surface area (Å²) in [4.78, 5) is 14.4. The van der Waals surface area contributed by atoms with Gasteiger partial charge in [0.2, 0.25) is 0 Å². The number of amides is 2. The first-order valence-electron chi connectivity index (χ1n) is 3.24. The topological polar surface area (TPSA) is 23.6 Å². The van der Waals surface area contributed by atoms with Gasteiger partial charge in [-0.1, -0.05) is 6.58 Å². The van der Waals surface area contributed by atoms with E-state index in [0.717, 1.165) is 5.57 Å². The van der Waals surface area contributed by atoms with E-state index in [-0.39, 0.29) is 6.03 Å². The molecule has 0 atom stereocenters. The lowest BCUT2D eigenvalue weighted by molar-refractivity contribution is 0.168. The van der Waals surface area contributed by atoms with Crippen molar-refractivity contribution in [3.63, 3.8) is 0 Å². The van der Waals surface area contributed by atoms with Gasteiger partial charge in [-0.2, -0.15) is 0 Å². The molecule has 10 heavy (non-hydrogen) atoms. The molecule has 0 aromatic rings. The molecule has 0 bridgehead atoms. The van der Waals surface area contributed by atoms with Crippen molar-refractivity contribution in [1.82, 2.24) is 9.80 Å². The summed E-state index contributed by atoms with van der Waals surface area (Å²) in [6.45, 7) is 5.21. The fraction of sp³-hybridized carbons (Fsp3) is 0.571. The average molecular weight is 140 g/mol. The molecule has 1 aliphatic rings. The van der Waals surface area contributed by atoms with Crippen molar-refractivity contribution in [2.24, 2.45) is 0 Å². The Labute approximate surface area is 60.9 Å². The Bertz CT molecular complexity index is 160. The smallest absolute Gasteiger partial charge is 0.320 e. The van der Waals surface area contributed by atoms with Crippen LogP contribution >= 0.6 is 0 Å². The first kappa shape index (κ1) is 7.12. The first-order valence-corrected chi connectivity index (χ1v) is 3.24. The number of carbonyl (C=O) groups excluding carboxylic acids is 1. The summed E-state index contributed by atoms with van der Waals surface area (Å²) < 4.78 is 0. The third kappa shape index (κ3) is 1.12. The minimum absolute atomic E-state index is 0.0763. The predicted molar refractivity (Wildman–Crippen MR) is 39.8 cm³/mol. The SMILES string of the molecule is C=C1CN(C)C(=O)N(C)C1. The Hall–Kier alpha value is -0.990. The minimum atomic E-state index is 0.0763. The van der Waals surface area contributed by atoms with Crippen LogP contribution in [0, 0.1) is 0 Å². The van der Waals surface area contributed by atoms with E-state index in [4.69, 9.17) is 0 Å². The number of urea groups is 1. The summed E-state index contributed by atoms with van der Waals surface area (Å²) in [6, 6.07) is 0.0763. The maximum atomic E-state index is 11.1. The van der Waals surface area contributed by atoms with Crippen LogP contribution < -0.4 is 0 Å². The molecule has 1 rings (SSSR count). The van der Waals surface area contributed by atoms with Gasteiger partial charge >= 0.3 is 6.03 Å². The van der Waals surface area contributed by atoms with Gasteiger partial charge in [-0.25, -0.2) is 4.79 Å². The molecule has 1 saturated heterocycles. The van der Waals surface area contributed by atoms with E-state index in [0.29, 0.717) is 13.1 Å². The van der Waals surface area contributed by atoms with E-state index in [2.05, 4.69) is 6.58 Å². The third-order valence-electron chi connectivity index (χ3n) is 1.57. The molecule has 1 aliphatic heterocycles. The van der Waals surface area contributed by atoms with Crippen molar-refractivity contribution in [2.45, 2.75) is 0 Å². The van der Waals surface area contributed by atoms with Crippen LogP contribution in [0.15, 0.2) is 12.2 Å². The number of likely N-dealkylation sites (N-methyl/N-ethyl adjacent to an activating group) is 2. The van der Waals surface area contributed by atoms with E-state index in [1.54, 1.807) is 23.9 Å². The normalized spacial score (nSPS) is 20.2. The fourth-order valence-electron chi connectivity index (χ4n) is 1.15. The Morgan fingerprint density at radius 1 is 1.30 bits per heavy atom. The molecule has 0 aromatic carbocycles. The Balaban J connectivity index is 2.66. The maximum absolute atomic E-state index is 11.1. The van der Waals surface area contributed by atoms with Crippen LogP contribution in [-0.4, -0.2) is 43.0 Å². The Morgan fingerprint density at radius 3 is 2.10 bits per heavy atom. The summed E-state index contributed by atoms with van der Waals surface area (Å²) >= 11 is 0. The van der Waals surface area contributed by atoms with Gasteiger partial charge in [0.1, 0.15) is 0 Å². The molecule has 56 valence electrons. The van der Waals surface area contributed by atoms with E-state index < -0.39 is 0 Å². The quantitative estimate of drug-likeness (QED) is 0.450. The van der Waals surface area contributed by atoms with Gasteiger partial charge in [-0.05, 0) is 5.57 Å². The van der Waals surface area contributed by atoms with Crippen LogP contribution in [0.5, 0.6) is 0 Å². The van der Waals surface area contributed by atoms with Crippen molar-refractivity contribution >= 4 is 6.03 Å². The monoisotopic (exact) mass is 140 g/mol. The average Bonchev–Trinajstić information content (AvgIpc) is 1.82. The van der Waals surface area contributed by atoms with Gasteiger partial charge in [-0.15, -0.1) is 0 Å². The number of hydrogen-bond acceptors (Lipinski definition) is 1. The van der Waals surface area contributed by atoms with Crippen LogP contribution in [-0.2, 0) is 0 Å². The van der Waals surface area contributed by atoms with E-state index >= 15 is 0 Å². The fourth-order valence-corrected chi connectivity index (χ4v) is 1.15. The van der Waals surface area contributed by atoms with Gasteiger partial charge < -0.3 is 9.80 Å². The van der Waals surface area contributed by atoms with Crippen LogP contribution in [0.1, 0.15) is 0 Å². The summed E-state index contributed by atoms with van der Waals surface area (Å²) in [5, 5.41) is 0. The van der Waals surface area contributed by atoms with Crippen molar-refractivity contribution in [2.75, 3.05) is 27.2 Å². The van der Waals surface area contributed by atoms with Gasteiger partial charge in [-0.3, -0.25) is 0 Å².